The molecule has 4 nitrogen and oxygen atoms in total. The lowest BCUT2D eigenvalue weighted by atomic mass is 10.1. The van der Waals surface area contributed by atoms with Crippen LogP contribution in [0, 0.1) is 12.1 Å². The molecule has 0 saturated carbocycles. The van der Waals surface area contributed by atoms with E-state index in [1.807, 2.05) is 61.5 Å². The van der Waals surface area contributed by atoms with Gasteiger partial charge in [-0.1, -0.05) is 34.7 Å². The van der Waals surface area contributed by atoms with Crippen LogP contribution in [0.5, 0.6) is 5.75 Å². The second kappa shape index (κ2) is 6.46. The average Bonchev–Trinajstić information content (AvgIpc) is 2.84. The lowest BCUT2D eigenvalue weighted by Crippen LogP contribution is -2.39. The summed E-state index contributed by atoms with van der Waals surface area (Å²) in [7, 11) is 1.64. The summed E-state index contributed by atoms with van der Waals surface area (Å²) in [5.74, 6) is 0.802. The minimum Gasteiger partial charge on any atom is -0.595 e. The summed E-state index contributed by atoms with van der Waals surface area (Å²) in [6.45, 7) is 2.51. The van der Waals surface area contributed by atoms with Crippen LogP contribution in [0.3, 0.4) is 0 Å². The zero-order valence-corrected chi connectivity index (χ0v) is 14.6. The van der Waals surface area contributed by atoms with Crippen LogP contribution in [0.15, 0.2) is 59.2 Å². The predicted molar refractivity (Wildman–Crippen MR) is 93.4 cm³/mol. The molecule has 1 aromatic heterocycles. The van der Waals surface area contributed by atoms with Crippen molar-refractivity contribution in [3.05, 3.63) is 75.5 Å². The molecule has 3 aromatic rings. The van der Waals surface area contributed by atoms with Gasteiger partial charge in [-0.05, 0) is 52.7 Å². The van der Waals surface area contributed by atoms with Crippen LogP contribution < -0.4 is 9.58 Å². The van der Waals surface area contributed by atoms with Crippen LogP contribution in [0.25, 0.3) is 11.3 Å². The second-order valence-electron chi connectivity index (χ2n) is 5.40. The molecule has 0 bridgehead atoms. The zero-order valence-electron chi connectivity index (χ0n) is 13.0. The molecular weight excluding hydrogens is 356 g/mol. The van der Waals surface area contributed by atoms with Crippen molar-refractivity contribution in [1.29, 1.82) is 0 Å². The molecule has 1 heterocycles. The molecule has 0 aliphatic carbocycles. The molecule has 23 heavy (non-hydrogen) atoms. The lowest BCUT2D eigenvalue weighted by molar-refractivity contribution is -0.684. The van der Waals surface area contributed by atoms with Crippen LogP contribution in [-0.4, -0.2) is 11.8 Å². The highest BCUT2D eigenvalue weighted by molar-refractivity contribution is 9.10. The van der Waals surface area contributed by atoms with Gasteiger partial charge in [-0.15, -0.1) is 4.68 Å². The van der Waals surface area contributed by atoms with Crippen molar-refractivity contribution < 1.29 is 9.58 Å². The maximum atomic E-state index is 12.6. The standard InChI is InChI=1S/C18H17BrN2O2/c1-13-3-7-15(8-4-13)17-11-18(19)20(21(17)22)12-14-5-9-16(23-2)10-6-14/h3-11H,12H2,1-2H3. The summed E-state index contributed by atoms with van der Waals surface area (Å²) in [5, 5.41) is 12.6. The van der Waals surface area contributed by atoms with E-state index in [1.54, 1.807) is 11.8 Å². The van der Waals surface area contributed by atoms with Gasteiger partial charge in [-0.25, -0.2) is 0 Å². The van der Waals surface area contributed by atoms with Crippen molar-refractivity contribution in [1.82, 2.24) is 4.68 Å². The van der Waals surface area contributed by atoms with Gasteiger partial charge in [0.15, 0.2) is 0 Å². The van der Waals surface area contributed by atoms with E-state index in [4.69, 9.17) is 4.74 Å². The molecule has 0 saturated heterocycles. The maximum Gasteiger partial charge on any atom is 0.252 e. The van der Waals surface area contributed by atoms with Crippen LogP contribution in [0.4, 0.5) is 0 Å². The Morgan fingerprint density at radius 1 is 1.09 bits per heavy atom. The molecule has 0 spiro atoms. The number of hydrogen-bond acceptors (Lipinski definition) is 2. The highest BCUT2D eigenvalue weighted by Gasteiger charge is 2.19. The first kappa shape index (κ1) is 15.6. The minimum absolute atomic E-state index is 0.486. The van der Waals surface area contributed by atoms with Crippen LogP contribution in [0.1, 0.15) is 11.1 Å². The summed E-state index contributed by atoms with van der Waals surface area (Å²) in [6.07, 6.45) is 0. The summed E-state index contributed by atoms with van der Waals surface area (Å²) >= 11 is 3.48. The number of ether oxygens (including phenoxy) is 1. The van der Waals surface area contributed by atoms with Crippen LogP contribution in [-0.2, 0) is 6.54 Å². The first-order valence-corrected chi connectivity index (χ1v) is 8.06. The molecule has 5 heteroatoms. The van der Waals surface area contributed by atoms with Gasteiger partial charge in [0.1, 0.15) is 16.9 Å². The zero-order chi connectivity index (χ0) is 16.4. The van der Waals surface area contributed by atoms with Gasteiger partial charge in [0.05, 0.1) is 18.7 Å². The number of nitrogens with zero attached hydrogens (tertiary/aromatic N) is 2. The third-order valence-corrected chi connectivity index (χ3v) is 4.40. The van der Waals surface area contributed by atoms with Gasteiger partial charge >= 0.3 is 0 Å². The monoisotopic (exact) mass is 372 g/mol. The average molecular weight is 373 g/mol. The van der Waals surface area contributed by atoms with Crippen molar-refractivity contribution in [2.45, 2.75) is 13.5 Å². The first-order chi connectivity index (χ1) is 11.1. The molecule has 0 fully saturated rings. The Hall–Kier alpha value is -2.27. The third-order valence-electron chi connectivity index (χ3n) is 3.77. The summed E-state index contributed by atoms with van der Waals surface area (Å²) in [5.41, 5.74) is 3.73. The summed E-state index contributed by atoms with van der Waals surface area (Å²) in [6, 6.07) is 17.5. The smallest absolute Gasteiger partial charge is 0.252 e. The van der Waals surface area contributed by atoms with E-state index in [0.29, 0.717) is 12.2 Å². The van der Waals surface area contributed by atoms with E-state index in [2.05, 4.69) is 15.9 Å². The number of rotatable bonds is 4. The largest absolute Gasteiger partial charge is 0.595 e. The van der Waals surface area contributed by atoms with Gasteiger partial charge in [0.25, 0.3) is 5.69 Å². The number of methoxy groups -OCH3 is 1. The second-order valence-corrected chi connectivity index (χ2v) is 6.21. The molecule has 118 valence electrons. The molecule has 0 N–H and O–H groups in total. The fourth-order valence-electron chi connectivity index (χ4n) is 2.42. The first-order valence-electron chi connectivity index (χ1n) is 7.27. The fourth-order valence-corrected chi connectivity index (χ4v) is 2.91. The van der Waals surface area contributed by atoms with Gasteiger partial charge in [-0.2, -0.15) is 0 Å². The Morgan fingerprint density at radius 2 is 1.74 bits per heavy atom. The normalized spacial score (nSPS) is 10.7. The van der Waals surface area contributed by atoms with E-state index in [1.165, 1.54) is 5.56 Å². The lowest BCUT2D eigenvalue weighted by Gasteiger charge is -2.07. The molecule has 0 aliphatic rings. The van der Waals surface area contributed by atoms with Crippen molar-refractivity contribution in [3.8, 4) is 17.0 Å². The predicted octanol–water partition coefficient (Wildman–Crippen LogP) is 3.92. The Labute approximate surface area is 143 Å². The number of aryl methyl sites for hydroxylation is 1. The van der Waals surface area contributed by atoms with Gasteiger partial charge in [0, 0.05) is 0 Å². The van der Waals surface area contributed by atoms with Crippen LogP contribution in [0.2, 0.25) is 0 Å². The third kappa shape index (κ3) is 3.24. The summed E-state index contributed by atoms with van der Waals surface area (Å²) < 4.78 is 7.55. The molecule has 0 atom stereocenters. The number of halogens is 1. The van der Waals surface area contributed by atoms with Crippen molar-refractivity contribution in [2.75, 3.05) is 7.11 Å². The van der Waals surface area contributed by atoms with Gasteiger partial charge in [0.2, 0.25) is 0 Å². The Bertz CT molecular complexity index is 808. The molecule has 3 rings (SSSR count). The summed E-state index contributed by atoms with van der Waals surface area (Å²) in [4.78, 5) is 0.930. The van der Waals surface area contributed by atoms with E-state index in [9.17, 15) is 5.21 Å². The highest BCUT2D eigenvalue weighted by Crippen LogP contribution is 2.22. The molecule has 0 amide bonds. The Morgan fingerprint density at radius 3 is 2.35 bits per heavy atom. The van der Waals surface area contributed by atoms with Crippen molar-refractivity contribution in [2.24, 2.45) is 0 Å². The minimum atomic E-state index is 0.486. The van der Waals surface area contributed by atoms with E-state index < -0.39 is 0 Å². The number of benzene rings is 2. The highest BCUT2D eigenvalue weighted by atomic mass is 79.9. The quantitative estimate of drug-likeness (QED) is 0.514. The molecule has 0 aliphatic heterocycles. The Balaban J connectivity index is 1.92. The molecule has 0 radical (unpaired) electrons. The molecule has 2 aromatic carbocycles. The maximum absolute atomic E-state index is 12.6. The number of hydrogen-bond donors (Lipinski definition) is 0. The van der Waals surface area contributed by atoms with E-state index >= 15 is 0 Å². The molecule has 0 unspecified atom stereocenters. The molecular formula is C18H17BrN2O2. The van der Waals surface area contributed by atoms with Crippen molar-refractivity contribution in [3.63, 3.8) is 0 Å². The van der Waals surface area contributed by atoms with Gasteiger partial charge < -0.3 is 9.94 Å². The SMILES string of the molecule is COc1ccc(Cn2c(Br)cc(-c3ccc(C)cc3)[n+]2[O-])cc1. The van der Waals surface area contributed by atoms with E-state index in [-0.39, 0.29) is 0 Å². The Kier molecular flexibility index (Phi) is 4.39. The van der Waals surface area contributed by atoms with Crippen LogP contribution >= 0.6 is 15.9 Å². The topological polar surface area (TPSA) is 41.1 Å². The van der Waals surface area contributed by atoms with Gasteiger partial charge in [-0.3, -0.25) is 0 Å². The fraction of sp³-hybridized carbons (Fsp3) is 0.167. The van der Waals surface area contributed by atoms with E-state index in [0.717, 1.165) is 26.3 Å². The van der Waals surface area contributed by atoms with Crippen molar-refractivity contribution >= 4 is 15.9 Å². The number of aromatic nitrogens is 2.